The lowest BCUT2D eigenvalue weighted by molar-refractivity contribution is 0.136. The van der Waals surface area contributed by atoms with E-state index in [2.05, 4.69) is 4.90 Å². The Hall–Kier alpha value is -0.950. The average molecular weight is 312 g/mol. The van der Waals surface area contributed by atoms with Crippen molar-refractivity contribution in [1.29, 1.82) is 0 Å². The molecule has 0 spiro atoms. The number of aliphatic hydroxyl groups excluding tert-OH is 1. The maximum atomic E-state index is 12.3. The largest absolute Gasteiger partial charge is 0.396 e. The molecule has 0 amide bonds. The van der Waals surface area contributed by atoms with Gasteiger partial charge in [0.25, 0.3) is 0 Å². The summed E-state index contributed by atoms with van der Waals surface area (Å²) >= 11 is 0. The fraction of sp³-hybridized carbons (Fsp3) is 0.600. The molecular weight excluding hydrogens is 288 g/mol. The van der Waals surface area contributed by atoms with Crippen molar-refractivity contribution in [3.05, 3.63) is 29.8 Å². The van der Waals surface area contributed by atoms with E-state index in [0.717, 1.165) is 31.5 Å². The van der Waals surface area contributed by atoms with Crippen molar-refractivity contribution in [2.24, 2.45) is 11.7 Å². The first kappa shape index (κ1) is 16.4. The monoisotopic (exact) mass is 312 g/mol. The predicted octanol–water partition coefficient (Wildman–Crippen LogP) is 0.623. The van der Waals surface area contributed by atoms with Gasteiger partial charge in [0.05, 0.1) is 10.6 Å². The normalized spacial score (nSPS) is 18.0. The maximum absolute atomic E-state index is 12.3. The molecule has 1 fully saturated rings. The Balaban J connectivity index is 1.89. The number of aliphatic hydroxyl groups is 1. The number of likely N-dealkylation sites (tertiary alicyclic amines) is 1. The molecule has 6 heteroatoms. The van der Waals surface area contributed by atoms with Gasteiger partial charge in [0.15, 0.2) is 9.84 Å². The number of rotatable bonds is 6. The van der Waals surface area contributed by atoms with E-state index < -0.39 is 9.84 Å². The van der Waals surface area contributed by atoms with Crippen molar-refractivity contribution in [2.45, 2.75) is 24.3 Å². The summed E-state index contributed by atoms with van der Waals surface area (Å²) in [5, 5.41) is 9.10. The van der Waals surface area contributed by atoms with Crippen LogP contribution in [0.25, 0.3) is 0 Å². The van der Waals surface area contributed by atoms with E-state index in [9.17, 15) is 8.42 Å². The molecule has 0 radical (unpaired) electrons. The van der Waals surface area contributed by atoms with Gasteiger partial charge in [-0.1, -0.05) is 12.1 Å². The second-order valence-corrected chi connectivity index (χ2v) is 7.74. The highest BCUT2D eigenvalue weighted by molar-refractivity contribution is 7.91. The van der Waals surface area contributed by atoms with Crippen LogP contribution in [0, 0.1) is 5.92 Å². The molecule has 0 atom stereocenters. The highest BCUT2D eigenvalue weighted by Crippen LogP contribution is 2.17. The number of sulfone groups is 1. The van der Waals surface area contributed by atoms with Crippen molar-refractivity contribution >= 4 is 9.84 Å². The van der Waals surface area contributed by atoms with Gasteiger partial charge in [0.2, 0.25) is 0 Å². The third-order valence-electron chi connectivity index (χ3n) is 4.16. The van der Waals surface area contributed by atoms with Crippen LogP contribution in [0.5, 0.6) is 0 Å². The van der Waals surface area contributed by atoms with Gasteiger partial charge in [0.1, 0.15) is 0 Å². The number of hydrogen-bond donors (Lipinski definition) is 2. The van der Waals surface area contributed by atoms with Gasteiger partial charge in [-0.15, -0.1) is 0 Å². The van der Waals surface area contributed by atoms with E-state index in [1.807, 2.05) is 0 Å². The van der Waals surface area contributed by atoms with Crippen LogP contribution in [-0.2, 0) is 16.4 Å². The van der Waals surface area contributed by atoms with Gasteiger partial charge in [0, 0.05) is 19.7 Å². The van der Waals surface area contributed by atoms with Crippen LogP contribution in [0.2, 0.25) is 0 Å². The molecule has 0 aliphatic carbocycles. The molecule has 1 saturated heterocycles. The fourth-order valence-electron chi connectivity index (χ4n) is 2.59. The van der Waals surface area contributed by atoms with Crippen molar-refractivity contribution < 1.29 is 13.5 Å². The third kappa shape index (κ3) is 4.51. The lowest BCUT2D eigenvalue weighted by Gasteiger charge is -2.30. The summed E-state index contributed by atoms with van der Waals surface area (Å²) in [6, 6.07) is 6.80. The Morgan fingerprint density at radius 2 is 1.81 bits per heavy atom. The first-order valence-electron chi connectivity index (χ1n) is 7.40. The summed E-state index contributed by atoms with van der Waals surface area (Å²) < 4.78 is 24.6. The number of nitrogens with zero attached hydrogens (tertiary/aromatic N) is 1. The van der Waals surface area contributed by atoms with Crippen LogP contribution < -0.4 is 5.73 Å². The topological polar surface area (TPSA) is 83.6 Å². The summed E-state index contributed by atoms with van der Waals surface area (Å²) in [4.78, 5) is 2.53. The van der Waals surface area contributed by atoms with E-state index in [-0.39, 0.29) is 12.4 Å². The summed E-state index contributed by atoms with van der Waals surface area (Å²) in [6.45, 7) is 2.94. The fourth-order valence-corrected chi connectivity index (χ4v) is 3.88. The molecule has 5 nitrogen and oxygen atoms in total. The summed E-state index contributed by atoms with van der Waals surface area (Å²) in [5.41, 5.74) is 6.44. The molecule has 1 aliphatic heterocycles. The molecule has 3 N–H and O–H groups in total. The van der Waals surface area contributed by atoms with Crippen molar-refractivity contribution in [3.63, 3.8) is 0 Å². The van der Waals surface area contributed by atoms with Crippen LogP contribution >= 0.6 is 0 Å². The second-order valence-electron chi connectivity index (χ2n) is 5.63. The van der Waals surface area contributed by atoms with Crippen LogP contribution in [-0.4, -0.2) is 50.4 Å². The van der Waals surface area contributed by atoms with Gasteiger partial charge in [-0.2, -0.15) is 0 Å². The Kier molecular flexibility index (Phi) is 5.75. The standard InChI is InChI=1S/C15H24N2O3S/c16-11-13-1-3-15(4-2-13)21(19,20)10-9-17-7-5-14(12-18)6-8-17/h1-4,14,18H,5-12,16H2. The van der Waals surface area contributed by atoms with Gasteiger partial charge >= 0.3 is 0 Å². The van der Waals surface area contributed by atoms with Crippen molar-refractivity contribution in [1.82, 2.24) is 4.90 Å². The third-order valence-corrected chi connectivity index (χ3v) is 5.87. The van der Waals surface area contributed by atoms with Crippen molar-refractivity contribution in [3.8, 4) is 0 Å². The van der Waals surface area contributed by atoms with E-state index in [1.165, 1.54) is 0 Å². The summed E-state index contributed by atoms with van der Waals surface area (Å²) in [7, 11) is -3.24. The Morgan fingerprint density at radius 1 is 1.19 bits per heavy atom. The molecule has 1 heterocycles. The predicted molar refractivity (Wildman–Crippen MR) is 82.6 cm³/mol. The zero-order valence-corrected chi connectivity index (χ0v) is 13.1. The van der Waals surface area contributed by atoms with E-state index >= 15 is 0 Å². The quantitative estimate of drug-likeness (QED) is 0.805. The van der Waals surface area contributed by atoms with Crippen LogP contribution in [0.3, 0.4) is 0 Å². The van der Waals surface area contributed by atoms with Gasteiger partial charge < -0.3 is 15.7 Å². The number of nitrogens with two attached hydrogens (primary N) is 1. The summed E-state index contributed by atoms with van der Waals surface area (Å²) in [5.74, 6) is 0.514. The maximum Gasteiger partial charge on any atom is 0.179 e. The molecule has 0 bridgehead atoms. The number of piperidine rings is 1. The molecule has 1 aromatic carbocycles. The molecule has 0 unspecified atom stereocenters. The van der Waals surface area contributed by atoms with Crippen LogP contribution in [0.1, 0.15) is 18.4 Å². The zero-order valence-electron chi connectivity index (χ0n) is 12.2. The number of benzene rings is 1. The second kappa shape index (κ2) is 7.35. The smallest absolute Gasteiger partial charge is 0.179 e. The first-order valence-corrected chi connectivity index (χ1v) is 9.05. The SMILES string of the molecule is NCc1ccc(S(=O)(=O)CCN2CCC(CO)CC2)cc1. The molecule has 2 rings (SSSR count). The zero-order chi connectivity index (χ0) is 15.3. The minimum absolute atomic E-state index is 0.138. The molecule has 0 aromatic heterocycles. The molecule has 118 valence electrons. The summed E-state index contributed by atoms with van der Waals surface area (Å²) in [6.07, 6.45) is 1.89. The Labute approximate surface area is 126 Å². The van der Waals surface area contributed by atoms with Gasteiger partial charge in [-0.05, 0) is 49.5 Å². The molecular formula is C15H24N2O3S. The van der Waals surface area contributed by atoms with Crippen LogP contribution in [0.4, 0.5) is 0 Å². The Morgan fingerprint density at radius 3 is 2.33 bits per heavy atom. The highest BCUT2D eigenvalue weighted by atomic mass is 32.2. The highest BCUT2D eigenvalue weighted by Gasteiger charge is 2.21. The van der Waals surface area contributed by atoms with Crippen molar-refractivity contribution in [2.75, 3.05) is 32.0 Å². The number of hydrogen-bond acceptors (Lipinski definition) is 5. The minimum Gasteiger partial charge on any atom is -0.396 e. The minimum atomic E-state index is -3.24. The molecule has 1 aromatic rings. The van der Waals surface area contributed by atoms with E-state index in [0.29, 0.717) is 23.9 Å². The molecule has 1 aliphatic rings. The van der Waals surface area contributed by atoms with Gasteiger partial charge in [-0.3, -0.25) is 0 Å². The molecule has 21 heavy (non-hydrogen) atoms. The van der Waals surface area contributed by atoms with E-state index in [4.69, 9.17) is 10.8 Å². The van der Waals surface area contributed by atoms with E-state index in [1.54, 1.807) is 24.3 Å². The lowest BCUT2D eigenvalue weighted by Crippen LogP contribution is -2.37. The molecule has 0 saturated carbocycles. The van der Waals surface area contributed by atoms with Gasteiger partial charge in [-0.25, -0.2) is 8.42 Å². The average Bonchev–Trinajstić information content (AvgIpc) is 2.53. The first-order chi connectivity index (χ1) is 10.0. The van der Waals surface area contributed by atoms with Crippen LogP contribution in [0.15, 0.2) is 29.2 Å². The Bertz CT molecular complexity index is 535. The lowest BCUT2D eigenvalue weighted by atomic mass is 9.98.